The lowest BCUT2D eigenvalue weighted by Gasteiger charge is -2.12. The minimum Gasteiger partial charge on any atom is -0.490 e. The van der Waals surface area contributed by atoms with E-state index in [1.165, 1.54) is 18.9 Å². The summed E-state index contributed by atoms with van der Waals surface area (Å²) in [5.74, 6) is 0.0421. The first kappa shape index (κ1) is 10.4. The van der Waals surface area contributed by atoms with Gasteiger partial charge in [-0.05, 0) is 43.4 Å². The van der Waals surface area contributed by atoms with Crippen LogP contribution in [0, 0.1) is 11.2 Å². The summed E-state index contributed by atoms with van der Waals surface area (Å²) >= 11 is 0. The van der Waals surface area contributed by atoms with Gasteiger partial charge in [-0.15, -0.1) is 0 Å². The molecular formula is C12H16FNO. The number of ether oxygens (including phenoxy) is 1. The van der Waals surface area contributed by atoms with E-state index in [4.69, 9.17) is 10.5 Å². The molecular weight excluding hydrogens is 193 g/mol. The third kappa shape index (κ3) is 2.48. The third-order valence-electron chi connectivity index (χ3n) is 3.12. The maximum Gasteiger partial charge on any atom is 0.165 e. The van der Waals surface area contributed by atoms with Crippen LogP contribution in [-0.2, 0) is 0 Å². The number of hydrogen-bond donors (Lipinski definition) is 1. The second kappa shape index (κ2) is 4.19. The summed E-state index contributed by atoms with van der Waals surface area (Å²) in [6, 6.07) is 6.49. The maximum absolute atomic E-state index is 13.2. The van der Waals surface area contributed by atoms with Crippen LogP contribution in [0.25, 0.3) is 0 Å². The molecule has 2 nitrogen and oxygen atoms in total. The summed E-state index contributed by atoms with van der Waals surface area (Å²) in [4.78, 5) is 0. The summed E-state index contributed by atoms with van der Waals surface area (Å²) in [5.41, 5.74) is 5.95. The molecule has 1 aliphatic rings. The Balaban J connectivity index is 1.81. The number of rotatable bonds is 5. The van der Waals surface area contributed by atoms with Crippen molar-refractivity contribution in [1.29, 1.82) is 0 Å². The fourth-order valence-electron chi connectivity index (χ4n) is 1.67. The predicted molar refractivity (Wildman–Crippen MR) is 57.2 cm³/mol. The molecule has 0 aromatic heterocycles. The standard InChI is InChI=1S/C12H16FNO/c13-10-3-1-2-4-11(10)15-8-7-12(9-14)5-6-12/h1-4H,5-9,14H2. The Morgan fingerprint density at radius 1 is 1.33 bits per heavy atom. The van der Waals surface area contributed by atoms with Crippen LogP contribution < -0.4 is 10.5 Å². The first-order valence-electron chi connectivity index (χ1n) is 5.33. The average Bonchev–Trinajstić information content (AvgIpc) is 3.02. The van der Waals surface area contributed by atoms with Crippen molar-refractivity contribution >= 4 is 0 Å². The van der Waals surface area contributed by atoms with E-state index in [1.54, 1.807) is 18.2 Å². The zero-order valence-corrected chi connectivity index (χ0v) is 8.71. The molecule has 0 saturated heterocycles. The lowest BCUT2D eigenvalue weighted by atomic mass is 10.0. The van der Waals surface area contributed by atoms with Crippen molar-refractivity contribution in [3.63, 3.8) is 0 Å². The molecule has 2 N–H and O–H groups in total. The van der Waals surface area contributed by atoms with Gasteiger partial charge in [-0.1, -0.05) is 12.1 Å². The van der Waals surface area contributed by atoms with Crippen LogP contribution in [0.4, 0.5) is 4.39 Å². The number of nitrogens with two attached hydrogens (primary N) is 1. The SMILES string of the molecule is NCC1(CCOc2ccccc2F)CC1. The van der Waals surface area contributed by atoms with Crippen molar-refractivity contribution in [3.8, 4) is 5.75 Å². The summed E-state index contributed by atoms with van der Waals surface area (Å²) in [6.07, 6.45) is 3.30. The smallest absolute Gasteiger partial charge is 0.165 e. The van der Waals surface area contributed by atoms with E-state index in [0.717, 1.165) is 6.42 Å². The van der Waals surface area contributed by atoms with Crippen molar-refractivity contribution in [1.82, 2.24) is 0 Å². The number of para-hydroxylation sites is 1. The molecule has 0 radical (unpaired) electrons. The monoisotopic (exact) mass is 209 g/mol. The van der Waals surface area contributed by atoms with Crippen molar-refractivity contribution in [2.75, 3.05) is 13.2 Å². The average molecular weight is 209 g/mol. The molecule has 2 rings (SSSR count). The predicted octanol–water partition coefficient (Wildman–Crippen LogP) is 2.33. The summed E-state index contributed by atoms with van der Waals surface area (Å²) < 4.78 is 18.5. The molecule has 1 aromatic rings. The molecule has 0 bridgehead atoms. The highest BCUT2D eigenvalue weighted by molar-refractivity contribution is 5.23. The lowest BCUT2D eigenvalue weighted by molar-refractivity contribution is 0.261. The van der Waals surface area contributed by atoms with Crippen molar-refractivity contribution in [2.24, 2.45) is 11.1 Å². The van der Waals surface area contributed by atoms with E-state index in [9.17, 15) is 4.39 Å². The molecule has 1 aromatic carbocycles. The minimum atomic E-state index is -0.296. The Hall–Kier alpha value is -1.09. The topological polar surface area (TPSA) is 35.2 Å². The first-order chi connectivity index (χ1) is 7.26. The van der Waals surface area contributed by atoms with Crippen molar-refractivity contribution < 1.29 is 9.13 Å². The summed E-state index contributed by atoms with van der Waals surface area (Å²) in [5, 5.41) is 0. The summed E-state index contributed by atoms with van der Waals surface area (Å²) in [7, 11) is 0. The molecule has 0 spiro atoms. The first-order valence-corrected chi connectivity index (χ1v) is 5.33. The third-order valence-corrected chi connectivity index (χ3v) is 3.12. The van der Waals surface area contributed by atoms with E-state index in [-0.39, 0.29) is 5.82 Å². The molecule has 1 fully saturated rings. The van der Waals surface area contributed by atoms with E-state index < -0.39 is 0 Å². The van der Waals surface area contributed by atoms with Crippen LogP contribution in [0.2, 0.25) is 0 Å². The molecule has 1 aliphatic carbocycles. The number of halogens is 1. The van der Waals surface area contributed by atoms with Gasteiger partial charge >= 0.3 is 0 Å². The quantitative estimate of drug-likeness (QED) is 0.807. The molecule has 0 unspecified atom stereocenters. The Morgan fingerprint density at radius 3 is 2.67 bits per heavy atom. The van der Waals surface area contributed by atoms with Gasteiger partial charge in [0.05, 0.1) is 6.61 Å². The van der Waals surface area contributed by atoms with Crippen LogP contribution in [0.5, 0.6) is 5.75 Å². The molecule has 15 heavy (non-hydrogen) atoms. The molecule has 0 amide bonds. The second-order valence-corrected chi connectivity index (χ2v) is 4.23. The molecule has 0 heterocycles. The minimum absolute atomic E-state index is 0.296. The number of benzene rings is 1. The maximum atomic E-state index is 13.2. The Kier molecular flexibility index (Phi) is 2.91. The zero-order valence-electron chi connectivity index (χ0n) is 8.71. The summed E-state index contributed by atoms with van der Waals surface area (Å²) in [6.45, 7) is 1.27. The molecule has 82 valence electrons. The van der Waals surface area contributed by atoms with Crippen LogP contribution in [0.15, 0.2) is 24.3 Å². The van der Waals surface area contributed by atoms with Crippen LogP contribution in [0.1, 0.15) is 19.3 Å². The fourth-order valence-corrected chi connectivity index (χ4v) is 1.67. The van der Waals surface area contributed by atoms with Crippen molar-refractivity contribution in [2.45, 2.75) is 19.3 Å². The van der Waals surface area contributed by atoms with E-state index in [1.807, 2.05) is 0 Å². The Labute approximate surface area is 89.2 Å². The highest BCUT2D eigenvalue weighted by Gasteiger charge is 2.40. The van der Waals surface area contributed by atoms with Gasteiger partial charge in [0.25, 0.3) is 0 Å². The van der Waals surface area contributed by atoms with Crippen LogP contribution in [-0.4, -0.2) is 13.2 Å². The van der Waals surface area contributed by atoms with Gasteiger partial charge in [0, 0.05) is 0 Å². The normalized spacial score (nSPS) is 17.5. The second-order valence-electron chi connectivity index (χ2n) is 4.23. The molecule has 0 atom stereocenters. The molecule has 1 saturated carbocycles. The fraction of sp³-hybridized carbons (Fsp3) is 0.500. The largest absolute Gasteiger partial charge is 0.490 e. The zero-order chi connectivity index (χ0) is 10.7. The van der Waals surface area contributed by atoms with Crippen LogP contribution in [0.3, 0.4) is 0 Å². The van der Waals surface area contributed by atoms with E-state index in [0.29, 0.717) is 24.3 Å². The highest BCUT2D eigenvalue weighted by atomic mass is 19.1. The van der Waals surface area contributed by atoms with Gasteiger partial charge in [-0.3, -0.25) is 0 Å². The van der Waals surface area contributed by atoms with E-state index in [2.05, 4.69) is 0 Å². The van der Waals surface area contributed by atoms with E-state index >= 15 is 0 Å². The molecule has 0 aliphatic heterocycles. The van der Waals surface area contributed by atoms with Crippen molar-refractivity contribution in [3.05, 3.63) is 30.1 Å². The Morgan fingerprint density at radius 2 is 2.07 bits per heavy atom. The van der Waals surface area contributed by atoms with Gasteiger partial charge in [0.1, 0.15) is 0 Å². The lowest BCUT2D eigenvalue weighted by Crippen LogP contribution is -2.18. The van der Waals surface area contributed by atoms with Gasteiger partial charge < -0.3 is 10.5 Å². The Bertz CT molecular complexity index is 336. The van der Waals surface area contributed by atoms with Gasteiger partial charge in [0.15, 0.2) is 11.6 Å². The van der Waals surface area contributed by atoms with Crippen LogP contribution >= 0.6 is 0 Å². The van der Waals surface area contributed by atoms with Gasteiger partial charge in [-0.25, -0.2) is 4.39 Å². The highest BCUT2D eigenvalue weighted by Crippen LogP contribution is 2.47. The number of hydrogen-bond acceptors (Lipinski definition) is 2. The van der Waals surface area contributed by atoms with Gasteiger partial charge in [-0.2, -0.15) is 0 Å². The van der Waals surface area contributed by atoms with Gasteiger partial charge in [0.2, 0.25) is 0 Å². The molecule has 3 heteroatoms.